The Morgan fingerprint density at radius 2 is 1.87 bits per heavy atom. The number of piperidine rings is 1. The molecule has 4 aliphatic carbocycles. The number of benzene rings is 1. The van der Waals surface area contributed by atoms with Crippen LogP contribution in [0.15, 0.2) is 24.3 Å². The summed E-state index contributed by atoms with van der Waals surface area (Å²) in [6.07, 6.45) is 8.87. The van der Waals surface area contributed by atoms with E-state index in [9.17, 15) is 14.9 Å². The van der Waals surface area contributed by atoms with E-state index in [-0.39, 0.29) is 35.4 Å². The summed E-state index contributed by atoms with van der Waals surface area (Å²) >= 11 is 0. The highest BCUT2D eigenvalue weighted by molar-refractivity contribution is 6.01. The molecule has 0 radical (unpaired) electrons. The first-order valence-corrected chi connectivity index (χ1v) is 14.4. The van der Waals surface area contributed by atoms with E-state index in [4.69, 9.17) is 0 Å². The Morgan fingerprint density at radius 3 is 2.63 bits per heavy atom. The summed E-state index contributed by atoms with van der Waals surface area (Å²) in [6.45, 7) is 7.63. The summed E-state index contributed by atoms with van der Waals surface area (Å²) in [5.41, 5.74) is 1.70. The van der Waals surface area contributed by atoms with Gasteiger partial charge in [0.1, 0.15) is 11.8 Å². The van der Waals surface area contributed by atoms with E-state index in [0.717, 1.165) is 43.2 Å². The van der Waals surface area contributed by atoms with Crippen molar-refractivity contribution < 1.29 is 9.59 Å². The van der Waals surface area contributed by atoms with Crippen LogP contribution >= 0.6 is 0 Å². The Bertz CT molecular complexity index is 1290. The molecule has 38 heavy (non-hydrogen) atoms. The number of aromatic nitrogens is 3. The Balaban J connectivity index is 1.26. The number of nitriles is 1. The normalized spacial score (nSPS) is 31.5. The molecule has 4 saturated carbocycles. The standard InChI is InChI=1S/C30H38N6O2/c1-18-23-15-20(30(23,2)3)16-24(18)32-28(37)22-12-6-5-11-21(22)27-26(17-31)36(34-33-27)29(38)35-14-8-10-19-9-4-7-13-25(19)35/h5-6,11-12,18-20,23-25H,4,7-10,13-16H2,1-3H3,(H,32,37)/t18-,19?,20+,23+,24-,25?/m0/s1. The fourth-order valence-electron chi connectivity index (χ4n) is 8.16. The predicted molar refractivity (Wildman–Crippen MR) is 143 cm³/mol. The van der Waals surface area contributed by atoms with Crippen molar-refractivity contribution in [3.63, 3.8) is 0 Å². The van der Waals surface area contributed by atoms with Crippen LogP contribution in [-0.4, -0.2) is 50.5 Å². The molecule has 1 aliphatic heterocycles. The van der Waals surface area contributed by atoms with Crippen molar-refractivity contribution in [3.8, 4) is 17.3 Å². The molecule has 5 aliphatic rings. The summed E-state index contributed by atoms with van der Waals surface area (Å²) in [5, 5.41) is 21.8. The first-order chi connectivity index (χ1) is 18.3. The van der Waals surface area contributed by atoms with Crippen LogP contribution in [0.1, 0.15) is 88.2 Å². The van der Waals surface area contributed by atoms with Crippen LogP contribution in [0.4, 0.5) is 4.79 Å². The molecule has 2 aromatic rings. The van der Waals surface area contributed by atoms with E-state index < -0.39 is 0 Å². The molecule has 1 saturated heterocycles. The molecular formula is C30H38N6O2. The predicted octanol–water partition coefficient (Wildman–Crippen LogP) is 5.24. The highest BCUT2D eigenvalue weighted by Crippen LogP contribution is 2.61. The van der Waals surface area contributed by atoms with Crippen molar-refractivity contribution in [1.29, 1.82) is 5.26 Å². The van der Waals surface area contributed by atoms with Crippen molar-refractivity contribution in [1.82, 2.24) is 25.2 Å². The van der Waals surface area contributed by atoms with Gasteiger partial charge in [0, 0.05) is 29.8 Å². The number of nitrogens with zero attached hydrogens (tertiary/aromatic N) is 5. The number of likely N-dealkylation sites (tertiary alicyclic amines) is 1. The largest absolute Gasteiger partial charge is 0.349 e. The van der Waals surface area contributed by atoms with Crippen LogP contribution in [0.2, 0.25) is 0 Å². The lowest BCUT2D eigenvalue weighted by atomic mass is 9.45. The number of fused-ring (bicyclic) bond motifs is 3. The second-order valence-electron chi connectivity index (χ2n) is 12.6. The highest BCUT2D eigenvalue weighted by atomic mass is 16.2. The van der Waals surface area contributed by atoms with Crippen LogP contribution in [-0.2, 0) is 0 Å². The molecule has 2 unspecified atom stereocenters. The van der Waals surface area contributed by atoms with Gasteiger partial charge in [0.05, 0.1) is 0 Å². The Labute approximate surface area is 224 Å². The van der Waals surface area contributed by atoms with Gasteiger partial charge in [0.15, 0.2) is 5.69 Å². The van der Waals surface area contributed by atoms with Crippen LogP contribution in [0, 0.1) is 40.4 Å². The van der Waals surface area contributed by atoms with Crippen LogP contribution in [0.25, 0.3) is 11.3 Å². The molecular weight excluding hydrogens is 476 g/mol. The third kappa shape index (κ3) is 3.93. The van der Waals surface area contributed by atoms with E-state index in [1.807, 2.05) is 17.0 Å². The van der Waals surface area contributed by atoms with Gasteiger partial charge in [-0.3, -0.25) is 4.79 Å². The first-order valence-electron chi connectivity index (χ1n) is 14.4. The van der Waals surface area contributed by atoms with Crippen molar-refractivity contribution >= 4 is 11.9 Å². The van der Waals surface area contributed by atoms with Gasteiger partial charge in [-0.05, 0) is 73.7 Å². The van der Waals surface area contributed by atoms with Crippen molar-refractivity contribution in [2.45, 2.75) is 84.2 Å². The number of carbonyl (C=O) groups is 2. The van der Waals surface area contributed by atoms with Gasteiger partial charge in [-0.1, -0.05) is 57.0 Å². The molecule has 6 atom stereocenters. The number of rotatable bonds is 3. The van der Waals surface area contributed by atoms with Crippen LogP contribution in [0.3, 0.4) is 0 Å². The summed E-state index contributed by atoms with van der Waals surface area (Å²) in [6, 6.07) is 9.42. The van der Waals surface area contributed by atoms with E-state index in [2.05, 4.69) is 42.5 Å². The van der Waals surface area contributed by atoms with Gasteiger partial charge in [0.2, 0.25) is 0 Å². The lowest BCUT2D eigenvalue weighted by Gasteiger charge is -2.62. The lowest BCUT2D eigenvalue weighted by Crippen LogP contribution is -2.60. The zero-order valence-corrected chi connectivity index (χ0v) is 22.7. The second kappa shape index (κ2) is 9.52. The SMILES string of the molecule is C[C@@H]1[C@@H](NC(=O)c2ccccc2-c2nnn(C(=O)N3CCCC4CCCCC43)c2C#N)C[C@H]2C[C@H]1C2(C)C. The number of carbonyl (C=O) groups excluding carboxylic acids is 2. The van der Waals surface area contributed by atoms with Crippen LogP contribution in [0.5, 0.6) is 0 Å². The molecule has 8 nitrogen and oxygen atoms in total. The van der Waals surface area contributed by atoms with E-state index in [0.29, 0.717) is 46.8 Å². The van der Waals surface area contributed by atoms with Crippen molar-refractivity contribution in [3.05, 3.63) is 35.5 Å². The zero-order chi connectivity index (χ0) is 26.6. The molecule has 2 bridgehead atoms. The highest BCUT2D eigenvalue weighted by Gasteiger charge is 2.56. The summed E-state index contributed by atoms with van der Waals surface area (Å²) in [5.74, 6) is 2.03. The van der Waals surface area contributed by atoms with Crippen molar-refractivity contribution in [2.24, 2.45) is 29.1 Å². The van der Waals surface area contributed by atoms with Crippen LogP contribution < -0.4 is 5.32 Å². The summed E-state index contributed by atoms with van der Waals surface area (Å²) in [7, 11) is 0. The molecule has 2 heterocycles. The van der Waals surface area contributed by atoms with Gasteiger partial charge >= 0.3 is 6.03 Å². The molecule has 1 aromatic heterocycles. The smallest absolute Gasteiger partial charge is 0.347 e. The van der Waals surface area contributed by atoms with Gasteiger partial charge in [0.25, 0.3) is 5.91 Å². The minimum atomic E-state index is -0.281. The first kappa shape index (κ1) is 25.1. The fraction of sp³-hybridized carbons (Fsp3) is 0.633. The molecule has 5 fully saturated rings. The zero-order valence-electron chi connectivity index (χ0n) is 22.7. The average Bonchev–Trinajstić information content (AvgIpc) is 3.37. The van der Waals surface area contributed by atoms with Gasteiger partial charge in [-0.15, -0.1) is 5.10 Å². The second-order valence-corrected chi connectivity index (χ2v) is 12.6. The lowest BCUT2D eigenvalue weighted by molar-refractivity contribution is -0.113. The Morgan fingerprint density at radius 1 is 1.11 bits per heavy atom. The molecule has 1 aromatic carbocycles. The third-order valence-electron chi connectivity index (χ3n) is 10.5. The number of amides is 2. The van der Waals surface area contributed by atoms with Crippen molar-refractivity contribution in [2.75, 3.05) is 6.54 Å². The maximum Gasteiger partial charge on any atom is 0.347 e. The van der Waals surface area contributed by atoms with E-state index in [1.54, 1.807) is 12.1 Å². The fourth-order valence-corrected chi connectivity index (χ4v) is 8.16. The summed E-state index contributed by atoms with van der Waals surface area (Å²) in [4.78, 5) is 29.1. The molecule has 200 valence electrons. The molecule has 0 spiro atoms. The topological polar surface area (TPSA) is 104 Å². The van der Waals surface area contributed by atoms with Gasteiger partial charge in [-0.2, -0.15) is 9.94 Å². The van der Waals surface area contributed by atoms with E-state index in [1.165, 1.54) is 12.8 Å². The number of nitrogens with one attached hydrogen (secondary N) is 1. The third-order valence-corrected chi connectivity index (χ3v) is 10.5. The molecule has 8 heteroatoms. The number of hydrogen-bond acceptors (Lipinski definition) is 5. The maximum atomic E-state index is 13.6. The average molecular weight is 515 g/mol. The Kier molecular flexibility index (Phi) is 6.28. The molecule has 2 amide bonds. The minimum Gasteiger partial charge on any atom is -0.349 e. The minimum absolute atomic E-state index is 0.0854. The monoisotopic (exact) mass is 514 g/mol. The maximum absolute atomic E-state index is 13.6. The van der Waals surface area contributed by atoms with Gasteiger partial charge in [-0.25, -0.2) is 4.79 Å². The Hall–Kier alpha value is -3.21. The summed E-state index contributed by atoms with van der Waals surface area (Å²) < 4.78 is 1.15. The quantitative estimate of drug-likeness (QED) is 0.603. The van der Waals surface area contributed by atoms with Gasteiger partial charge < -0.3 is 10.2 Å². The molecule has 7 rings (SSSR count). The number of hydrogen-bond donors (Lipinski definition) is 1. The van der Waals surface area contributed by atoms with E-state index >= 15 is 0 Å². The molecule has 1 N–H and O–H groups in total.